The Kier molecular flexibility index (Phi) is 5.14. The molecule has 31 heavy (non-hydrogen) atoms. The van der Waals surface area contributed by atoms with Crippen molar-refractivity contribution in [2.45, 2.75) is 19.5 Å². The van der Waals surface area contributed by atoms with E-state index in [-0.39, 0.29) is 6.04 Å². The Morgan fingerprint density at radius 1 is 0.968 bits per heavy atom. The van der Waals surface area contributed by atoms with Crippen molar-refractivity contribution in [1.29, 1.82) is 0 Å². The molecule has 5 aromatic rings. The molecule has 0 unspecified atom stereocenters. The summed E-state index contributed by atoms with van der Waals surface area (Å²) >= 11 is 0. The normalized spacial score (nSPS) is 12.3. The summed E-state index contributed by atoms with van der Waals surface area (Å²) in [6.45, 7) is 2.97. The van der Waals surface area contributed by atoms with Gasteiger partial charge in [0.05, 0.1) is 7.11 Å². The van der Waals surface area contributed by atoms with Crippen molar-refractivity contribution < 1.29 is 9.15 Å². The van der Waals surface area contributed by atoms with E-state index in [4.69, 9.17) is 9.15 Å². The zero-order valence-electron chi connectivity index (χ0n) is 17.6. The highest BCUT2D eigenvalue weighted by atomic mass is 16.5. The Bertz CT molecular complexity index is 1350. The molecule has 1 atom stereocenters. The predicted octanol–water partition coefficient (Wildman–Crippen LogP) is 6.51. The molecule has 0 amide bonds. The Morgan fingerprint density at radius 2 is 1.84 bits per heavy atom. The summed E-state index contributed by atoms with van der Waals surface area (Å²) in [4.78, 5) is 4.28. The highest BCUT2D eigenvalue weighted by Crippen LogP contribution is 2.33. The number of nitrogens with zero attached hydrogens (tertiary/aromatic N) is 1. The van der Waals surface area contributed by atoms with Crippen molar-refractivity contribution in [2.75, 3.05) is 7.11 Å². The first kappa shape index (κ1) is 19.3. The quantitative estimate of drug-likeness (QED) is 0.348. The molecule has 5 rings (SSSR count). The van der Waals surface area contributed by atoms with Crippen LogP contribution < -0.4 is 10.1 Å². The molecule has 0 aliphatic rings. The molecule has 0 aliphatic heterocycles. The third kappa shape index (κ3) is 3.78. The van der Waals surface area contributed by atoms with Gasteiger partial charge in [0.2, 0.25) is 0 Å². The van der Waals surface area contributed by atoms with Gasteiger partial charge in [0.1, 0.15) is 11.3 Å². The van der Waals surface area contributed by atoms with Gasteiger partial charge < -0.3 is 14.5 Å². The van der Waals surface area contributed by atoms with Crippen molar-refractivity contribution >= 4 is 21.9 Å². The molecule has 4 nitrogen and oxygen atoms in total. The molecule has 4 aromatic carbocycles. The summed E-state index contributed by atoms with van der Waals surface area (Å²) in [5.41, 5.74) is 6.23. The lowest BCUT2D eigenvalue weighted by Gasteiger charge is -2.18. The van der Waals surface area contributed by atoms with Crippen LogP contribution in [-0.2, 0) is 6.54 Å². The third-order valence-electron chi connectivity index (χ3n) is 5.81. The lowest BCUT2D eigenvalue weighted by Crippen LogP contribution is -2.18. The molecule has 154 valence electrons. The first-order chi connectivity index (χ1) is 15.2. The van der Waals surface area contributed by atoms with E-state index < -0.39 is 0 Å². The second-order valence-corrected chi connectivity index (χ2v) is 7.74. The molecule has 0 fully saturated rings. The van der Waals surface area contributed by atoms with E-state index in [1.54, 1.807) is 7.11 Å². The highest BCUT2D eigenvalue weighted by Gasteiger charge is 2.12. The number of benzene rings is 4. The summed E-state index contributed by atoms with van der Waals surface area (Å²) in [5.74, 6) is 0.841. The van der Waals surface area contributed by atoms with Crippen LogP contribution in [0.4, 0.5) is 0 Å². The topological polar surface area (TPSA) is 47.3 Å². The van der Waals surface area contributed by atoms with Crippen LogP contribution in [0, 0.1) is 0 Å². The summed E-state index contributed by atoms with van der Waals surface area (Å²) in [6, 6.07) is 27.6. The Morgan fingerprint density at radius 3 is 2.74 bits per heavy atom. The zero-order valence-corrected chi connectivity index (χ0v) is 17.6. The van der Waals surface area contributed by atoms with Crippen LogP contribution in [0.15, 0.2) is 89.7 Å². The van der Waals surface area contributed by atoms with Gasteiger partial charge in [-0.2, -0.15) is 0 Å². The molecule has 1 heterocycles. The average Bonchev–Trinajstić information content (AvgIpc) is 3.30. The third-order valence-corrected chi connectivity index (χ3v) is 5.81. The SMILES string of the molecule is COc1ccc(CN[C@H](C)c2cccc3ccccc23)cc1-c1ccc2ocnc2c1. The second-order valence-electron chi connectivity index (χ2n) is 7.74. The molecule has 0 radical (unpaired) electrons. The smallest absolute Gasteiger partial charge is 0.181 e. The molecular weight excluding hydrogens is 384 g/mol. The largest absolute Gasteiger partial charge is 0.496 e. The van der Waals surface area contributed by atoms with E-state index in [0.29, 0.717) is 0 Å². The van der Waals surface area contributed by atoms with Crippen LogP contribution >= 0.6 is 0 Å². The Balaban J connectivity index is 1.41. The number of rotatable bonds is 6. The molecular formula is C27H24N2O2. The fourth-order valence-corrected chi connectivity index (χ4v) is 4.13. The number of nitrogens with one attached hydrogen (secondary N) is 1. The van der Waals surface area contributed by atoms with Crippen LogP contribution in [0.2, 0.25) is 0 Å². The highest BCUT2D eigenvalue weighted by molar-refractivity contribution is 5.86. The van der Waals surface area contributed by atoms with E-state index in [9.17, 15) is 0 Å². The lowest BCUT2D eigenvalue weighted by molar-refractivity contribution is 0.416. The molecule has 4 heteroatoms. The number of methoxy groups -OCH3 is 1. The standard InChI is InChI=1S/C27H24N2O2/c1-18(22-9-5-7-20-6-3-4-8-23(20)22)28-16-19-10-12-26(30-2)24(14-19)21-11-13-27-25(15-21)29-17-31-27/h3-15,17-18,28H,16H2,1-2H3/t18-/m1/s1. The van der Waals surface area contributed by atoms with Gasteiger partial charge in [-0.05, 0) is 58.7 Å². The van der Waals surface area contributed by atoms with Crippen molar-refractivity contribution in [3.05, 3.63) is 96.4 Å². The number of ether oxygens (including phenoxy) is 1. The maximum absolute atomic E-state index is 5.63. The van der Waals surface area contributed by atoms with Crippen LogP contribution in [0.1, 0.15) is 24.1 Å². The predicted molar refractivity (Wildman–Crippen MR) is 125 cm³/mol. The zero-order chi connectivity index (χ0) is 21.2. The first-order valence-corrected chi connectivity index (χ1v) is 10.4. The number of hydrogen-bond donors (Lipinski definition) is 1. The van der Waals surface area contributed by atoms with E-state index in [1.165, 1.54) is 28.3 Å². The van der Waals surface area contributed by atoms with E-state index >= 15 is 0 Å². The van der Waals surface area contributed by atoms with Crippen LogP contribution in [-0.4, -0.2) is 12.1 Å². The Hall–Kier alpha value is -3.63. The minimum Gasteiger partial charge on any atom is -0.496 e. The number of hydrogen-bond acceptors (Lipinski definition) is 4. The number of oxazole rings is 1. The fraction of sp³-hybridized carbons (Fsp3) is 0.148. The summed E-state index contributed by atoms with van der Waals surface area (Å²) in [5, 5.41) is 6.24. The fourth-order valence-electron chi connectivity index (χ4n) is 4.13. The van der Waals surface area contributed by atoms with Crippen molar-refractivity contribution in [2.24, 2.45) is 0 Å². The molecule has 1 aromatic heterocycles. The van der Waals surface area contributed by atoms with Gasteiger partial charge in [-0.3, -0.25) is 0 Å². The van der Waals surface area contributed by atoms with Gasteiger partial charge in [-0.15, -0.1) is 0 Å². The summed E-state index contributed by atoms with van der Waals surface area (Å²) in [6.07, 6.45) is 1.47. The Labute approximate surface area is 181 Å². The summed E-state index contributed by atoms with van der Waals surface area (Å²) in [7, 11) is 1.70. The minimum atomic E-state index is 0.225. The maximum Gasteiger partial charge on any atom is 0.181 e. The van der Waals surface area contributed by atoms with E-state index in [0.717, 1.165) is 34.5 Å². The molecule has 1 N–H and O–H groups in total. The van der Waals surface area contributed by atoms with Gasteiger partial charge in [-0.25, -0.2) is 4.98 Å². The van der Waals surface area contributed by atoms with Crippen LogP contribution in [0.25, 0.3) is 33.0 Å². The van der Waals surface area contributed by atoms with E-state index in [1.807, 2.05) is 24.3 Å². The van der Waals surface area contributed by atoms with Crippen molar-refractivity contribution in [3.63, 3.8) is 0 Å². The van der Waals surface area contributed by atoms with Gasteiger partial charge in [-0.1, -0.05) is 54.6 Å². The maximum atomic E-state index is 5.63. The molecule has 0 saturated carbocycles. The lowest BCUT2D eigenvalue weighted by atomic mass is 9.99. The first-order valence-electron chi connectivity index (χ1n) is 10.4. The van der Waals surface area contributed by atoms with E-state index in [2.05, 4.69) is 71.8 Å². The number of aromatic nitrogens is 1. The van der Waals surface area contributed by atoms with Gasteiger partial charge in [0, 0.05) is 18.2 Å². The van der Waals surface area contributed by atoms with Gasteiger partial charge >= 0.3 is 0 Å². The minimum absolute atomic E-state index is 0.225. The molecule has 0 spiro atoms. The monoisotopic (exact) mass is 408 g/mol. The summed E-state index contributed by atoms with van der Waals surface area (Å²) < 4.78 is 11.0. The van der Waals surface area contributed by atoms with Gasteiger partial charge in [0.15, 0.2) is 12.0 Å². The van der Waals surface area contributed by atoms with Gasteiger partial charge in [0.25, 0.3) is 0 Å². The molecule has 0 bridgehead atoms. The average molecular weight is 409 g/mol. The number of fused-ring (bicyclic) bond motifs is 2. The van der Waals surface area contributed by atoms with Crippen LogP contribution in [0.5, 0.6) is 5.75 Å². The molecule has 0 saturated heterocycles. The van der Waals surface area contributed by atoms with Crippen molar-refractivity contribution in [3.8, 4) is 16.9 Å². The van der Waals surface area contributed by atoms with Crippen LogP contribution in [0.3, 0.4) is 0 Å². The second kappa shape index (κ2) is 8.25. The van der Waals surface area contributed by atoms with Crippen molar-refractivity contribution in [1.82, 2.24) is 10.3 Å². The molecule has 0 aliphatic carbocycles.